The molecule has 0 spiro atoms. The number of hydrogen-bond acceptors (Lipinski definition) is 4. The van der Waals surface area contributed by atoms with Gasteiger partial charge in [0.15, 0.2) is 0 Å². The highest BCUT2D eigenvalue weighted by Gasteiger charge is 2.18. The second-order valence-electron chi connectivity index (χ2n) is 2.10. The topological polar surface area (TPSA) is 43.4 Å². The Labute approximate surface area is 91.3 Å². The maximum absolute atomic E-state index is 11.1. The summed E-state index contributed by atoms with van der Waals surface area (Å²) < 4.78 is 26.2. The molecule has 0 heterocycles. The zero-order chi connectivity index (χ0) is 10.1. The number of benzene rings is 1. The Morgan fingerprint density at radius 3 is 2.46 bits per heavy atom. The molecule has 0 saturated carbocycles. The highest BCUT2D eigenvalue weighted by atomic mass is 35.5. The smallest absolute Gasteiger partial charge is 0.197 e. The fourth-order valence-electron chi connectivity index (χ4n) is 0.709. The Morgan fingerprint density at radius 2 is 1.92 bits per heavy atom. The first kappa shape index (κ1) is 11.1. The van der Waals surface area contributed by atoms with E-state index in [4.69, 9.17) is 23.2 Å². The molecule has 0 unspecified atom stereocenters. The van der Waals surface area contributed by atoms with Crippen molar-refractivity contribution in [2.75, 3.05) is 0 Å². The molecule has 72 valence electrons. The minimum atomic E-state index is -3.90. The van der Waals surface area contributed by atoms with Crippen LogP contribution in [-0.2, 0) is 13.7 Å². The molecule has 0 atom stereocenters. The van der Waals surface area contributed by atoms with E-state index in [2.05, 4.69) is 16.5 Å². The third-order valence-electron chi connectivity index (χ3n) is 1.26. The van der Waals surface area contributed by atoms with Gasteiger partial charge >= 0.3 is 10.1 Å². The fraction of sp³-hybridized carbons (Fsp3) is 0. The Bertz CT molecular complexity index is 416. The van der Waals surface area contributed by atoms with Gasteiger partial charge in [0.25, 0.3) is 0 Å². The average Bonchev–Trinajstić information content (AvgIpc) is 2.09. The molecule has 0 bridgehead atoms. The molecule has 3 nitrogen and oxygen atoms in total. The van der Waals surface area contributed by atoms with Crippen LogP contribution in [0.3, 0.4) is 0 Å². The fourth-order valence-corrected chi connectivity index (χ4v) is 2.25. The van der Waals surface area contributed by atoms with E-state index in [1.165, 1.54) is 18.2 Å². The highest BCUT2D eigenvalue weighted by Crippen LogP contribution is 2.26. The third-order valence-corrected chi connectivity index (χ3v) is 3.60. The van der Waals surface area contributed by atoms with Crippen LogP contribution in [0.1, 0.15) is 0 Å². The van der Waals surface area contributed by atoms with Crippen molar-refractivity contribution >= 4 is 46.2 Å². The van der Waals surface area contributed by atoms with Crippen LogP contribution < -0.4 is 0 Å². The zero-order valence-electron chi connectivity index (χ0n) is 6.07. The second kappa shape index (κ2) is 4.06. The first-order valence-electron chi connectivity index (χ1n) is 3.00. The molecule has 0 aliphatic rings. The van der Waals surface area contributed by atoms with Crippen molar-refractivity contribution in [1.82, 2.24) is 0 Å². The van der Waals surface area contributed by atoms with E-state index < -0.39 is 10.1 Å². The molecule has 0 fully saturated rings. The van der Waals surface area contributed by atoms with Gasteiger partial charge in [-0.1, -0.05) is 23.2 Å². The van der Waals surface area contributed by atoms with Crippen molar-refractivity contribution in [1.29, 1.82) is 0 Å². The first-order chi connectivity index (χ1) is 5.97. The summed E-state index contributed by atoms with van der Waals surface area (Å²) in [4.78, 5) is -0.198. The van der Waals surface area contributed by atoms with Gasteiger partial charge in [-0.15, -0.1) is 0 Å². The standard InChI is InChI=1S/C6H4Cl2O3S2/c7-4-1-2-5(8)6(3-4)13(9,10)11-12/h1-3,12H. The lowest BCUT2D eigenvalue weighted by molar-refractivity contribution is 0.521. The van der Waals surface area contributed by atoms with E-state index in [9.17, 15) is 8.42 Å². The molecule has 0 aliphatic carbocycles. The van der Waals surface area contributed by atoms with Gasteiger partial charge < -0.3 is 0 Å². The van der Waals surface area contributed by atoms with Crippen LogP contribution in [-0.4, -0.2) is 8.42 Å². The van der Waals surface area contributed by atoms with Gasteiger partial charge in [-0.3, -0.25) is 0 Å². The molecule has 1 aromatic rings. The van der Waals surface area contributed by atoms with Gasteiger partial charge in [0, 0.05) is 5.02 Å². The van der Waals surface area contributed by atoms with Crippen molar-refractivity contribution < 1.29 is 12.0 Å². The molecule has 7 heteroatoms. The Hall–Kier alpha value is 0.0600. The molecule has 1 aromatic carbocycles. The predicted molar refractivity (Wildman–Crippen MR) is 53.7 cm³/mol. The van der Waals surface area contributed by atoms with E-state index in [0.29, 0.717) is 0 Å². The molecule has 0 aliphatic heterocycles. The first-order valence-corrected chi connectivity index (χ1v) is 5.53. The summed E-state index contributed by atoms with van der Waals surface area (Å²) in [6.07, 6.45) is 0. The predicted octanol–water partition coefficient (Wildman–Crippen LogP) is 2.54. The molecule has 0 N–H and O–H groups in total. The number of halogens is 2. The zero-order valence-corrected chi connectivity index (χ0v) is 9.29. The lowest BCUT2D eigenvalue weighted by Gasteiger charge is -2.02. The maximum atomic E-state index is 11.1. The Kier molecular flexibility index (Phi) is 3.48. The second-order valence-corrected chi connectivity index (χ2v) is 4.89. The summed E-state index contributed by atoms with van der Waals surface area (Å²) in [5.74, 6) is 0. The lowest BCUT2D eigenvalue weighted by Crippen LogP contribution is -2.00. The van der Waals surface area contributed by atoms with Crippen LogP contribution in [0.2, 0.25) is 10.0 Å². The lowest BCUT2D eigenvalue weighted by atomic mass is 10.4. The third kappa shape index (κ3) is 2.51. The molecule has 0 radical (unpaired) electrons. The number of thiol groups is 1. The van der Waals surface area contributed by atoms with Crippen LogP contribution in [0, 0.1) is 0 Å². The molecular formula is C6H4Cl2O3S2. The normalized spacial score (nSPS) is 11.6. The van der Waals surface area contributed by atoms with Gasteiger partial charge in [0.1, 0.15) is 4.90 Å². The van der Waals surface area contributed by atoms with Gasteiger partial charge in [-0.05, 0) is 31.1 Å². The van der Waals surface area contributed by atoms with Crippen LogP contribution in [0.15, 0.2) is 23.1 Å². The molecule has 13 heavy (non-hydrogen) atoms. The van der Waals surface area contributed by atoms with Crippen molar-refractivity contribution in [3.8, 4) is 0 Å². The number of hydrogen-bond donors (Lipinski definition) is 1. The monoisotopic (exact) mass is 258 g/mol. The molecule has 0 aromatic heterocycles. The van der Waals surface area contributed by atoms with Crippen LogP contribution >= 0.6 is 36.1 Å². The van der Waals surface area contributed by atoms with E-state index in [0.717, 1.165) is 0 Å². The highest BCUT2D eigenvalue weighted by molar-refractivity contribution is 7.95. The molecule has 0 amide bonds. The minimum absolute atomic E-state index is 0.0402. The van der Waals surface area contributed by atoms with E-state index in [-0.39, 0.29) is 14.9 Å². The van der Waals surface area contributed by atoms with Crippen molar-refractivity contribution in [3.63, 3.8) is 0 Å². The van der Waals surface area contributed by atoms with Crippen molar-refractivity contribution in [2.45, 2.75) is 4.90 Å². The van der Waals surface area contributed by atoms with E-state index in [1.54, 1.807) is 0 Å². The van der Waals surface area contributed by atoms with Gasteiger partial charge in [0.05, 0.1) is 5.02 Å². The molecular weight excluding hydrogens is 255 g/mol. The van der Waals surface area contributed by atoms with Crippen molar-refractivity contribution in [2.24, 2.45) is 0 Å². The Morgan fingerprint density at radius 1 is 1.31 bits per heavy atom. The summed E-state index contributed by atoms with van der Waals surface area (Å²) in [7, 11) is -3.90. The summed E-state index contributed by atoms with van der Waals surface area (Å²) >= 11 is 14.4. The molecule has 0 saturated heterocycles. The largest absolute Gasteiger partial charge is 0.309 e. The van der Waals surface area contributed by atoms with Crippen molar-refractivity contribution in [3.05, 3.63) is 28.2 Å². The van der Waals surface area contributed by atoms with Crippen LogP contribution in [0.25, 0.3) is 0 Å². The molecule has 1 rings (SSSR count). The van der Waals surface area contributed by atoms with Crippen LogP contribution in [0.4, 0.5) is 0 Å². The van der Waals surface area contributed by atoms with E-state index in [1.807, 2.05) is 0 Å². The summed E-state index contributed by atoms with van der Waals surface area (Å²) in [6, 6.07) is 4.03. The summed E-state index contributed by atoms with van der Waals surface area (Å²) in [6.45, 7) is 0. The summed E-state index contributed by atoms with van der Waals surface area (Å²) in [5, 5.41) is 0.298. The minimum Gasteiger partial charge on any atom is -0.197 e. The van der Waals surface area contributed by atoms with Gasteiger partial charge in [-0.2, -0.15) is 12.0 Å². The maximum Gasteiger partial charge on any atom is 0.309 e. The number of rotatable bonds is 2. The summed E-state index contributed by atoms with van der Waals surface area (Å²) in [5.41, 5.74) is 0. The van der Waals surface area contributed by atoms with Gasteiger partial charge in [0.2, 0.25) is 0 Å². The van der Waals surface area contributed by atoms with Crippen LogP contribution in [0.5, 0.6) is 0 Å². The Balaban J connectivity index is 3.38. The van der Waals surface area contributed by atoms with Gasteiger partial charge in [-0.25, -0.2) is 0 Å². The van der Waals surface area contributed by atoms with E-state index >= 15 is 0 Å². The quantitative estimate of drug-likeness (QED) is 0.655. The SMILES string of the molecule is O=S(=O)(OS)c1cc(Cl)ccc1Cl. The average molecular weight is 259 g/mol.